The standard InChI is InChI=1S/C18H24N2O2/c1-9-13-5-6-18(4)7-12-8-19-11(3)20-15(12)10(2)14(18)16(13)22-17(9)21/h8-10,13-14,16H,5-7H2,1-4H3/t9-,10-,13-,14-,16-,18+/m1/s1. The molecular formula is C18H24N2O2. The number of ether oxygens (including phenoxy) is 1. The number of hydrogen-bond acceptors (Lipinski definition) is 4. The Morgan fingerprint density at radius 1 is 1.32 bits per heavy atom. The highest BCUT2D eigenvalue weighted by atomic mass is 16.6. The minimum Gasteiger partial charge on any atom is -0.461 e. The van der Waals surface area contributed by atoms with E-state index in [9.17, 15) is 4.79 Å². The molecule has 6 atom stereocenters. The van der Waals surface area contributed by atoms with Crippen molar-refractivity contribution in [2.45, 2.75) is 59.0 Å². The maximum atomic E-state index is 12.1. The monoisotopic (exact) mass is 300 g/mol. The van der Waals surface area contributed by atoms with E-state index in [0.717, 1.165) is 25.1 Å². The van der Waals surface area contributed by atoms with Gasteiger partial charge in [0, 0.05) is 24.0 Å². The Morgan fingerprint density at radius 3 is 2.86 bits per heavy atom. The number of esters is 1. The summed E-state index contributed by atoms with van der Waals surface area (Å²) in [7, 11) is 0. The van der Waals surface area contributed by atoms with E-state index in [1.165, 1.54) is 11.3 Å². The number of hydrogen-bond donors (Lipinski definition) is 0. The maximum absolute atomic E-state index is 12.1. The van der Waals surface area contributed by atoms with E-state index in [-0.39, 0.29) is 23.4 Å². The predicted molar refractivity (Wildman–Crippen MR) is 82.3 cm³/mol. The van der Waals surface area contributed by atoms with Crippen molar-refractivity contribution in [2.24, 2.45) is 23.2 Å². The Kier molecular flexibility index (Phi) is 2.91. The Hall–Kier alpha value is -1.45. The fraction of sp³-hybridized carbons (Fsp3) is 0.722. The number of fused-ring (bicyclic) bond motifs is 4. The third-order valence-electron chi connectivity index (χ3n) is 6.48. The molecule has 0 radical (unpaired) electrons. The molecule has 1 saturated heterocycles. The van der Waals surface area contributed by atoms with Crippen molar-refractivity contribution in [2.75, 3.05) is 0 Å². The SMILES string of the molecule is Cc1ncc2c(n1)[C@H](C)[C@@H]1[C@@H]3OC(=O)[C@H](C)[C@H]3CC[C@@]1(C)C2. The summed E-state index contributed by atoms with van der Waals surface area (Å²) in [4.78, 5) is 21.2. The van der Waals surface area contributed by atoms with Crippen molar-refractivity contribution in [3.63, 3.8) is 0 Å². The molecule has 2 fully saturated rings. The van der Waals surface area contributed by atoms with Crippen LogP contribution in [0, 0.1) is 30.1 Å². The third kappa shape index (κ3) is 1.79. The molecule has 4 rings (SSSR count). The lowest BCUT2D eigenvalue weighted by Crippen LogP contribution is -2.50. The van der Waals surface area contributed by atoms with Crippen LogP contribution in [0.25, 0.3) is 0 Å². The van der Waals surface area contributed by atoms with Crippen LogP contribution in [0.4, 0.5) is 0 Å². The number of carbonyl (C=O) groups is 1. The van der Waals surface area contributed by atoms with Gasteiger partial charge in [0.1, 0.15) is 11.9 Å². The van der Waals surface area contributed by atoms with Gasteiger partial charge in [0.05, 0.1) is 11.6 Å². The Morgan fingerprint density at radius 2 is 2.09 bits per heavy atom. The lowest BCUT2D eigenvalue weighted by atomic mass is 9.53. The van der Waals surface area contributed by atoms with E-state index in [4.69, 9.17) is 9.72 Å². The van der Waals surface area contributed by atoms with Crippen LogP contribution in [0.15, 0.2) is 6.20 Å². The molecule has 118 valence electrons. The first kappa shape index (κ1) is 14.2. The molecule has 2 aliphatic carbocycles. The Balaban J connectivity index is 1.79. The highest BCUT2D eigenvalue weighted by Gasteiger charge is 2.58. The van der Waals surface area contributed by atoms with Gasteiger partial charge in [0.2, 0.25) is 0 Å². The zero-order chi connectivity index (χ0) is 15.6. The fourth-order valence-corrected chi connectivity index (χ4v) is 5.34. The number of rotatable bonds is 0. The van der Waals surface area contributed by atoms with Gasteiger partial charge in [-0.3, -0.25) is 4.79 Å². The van der Waals surface area contributed by atoms with Crippen molar-refractivity contribution >= 4 is 5.97 Å². The molecule has 1 aromatic heterocycles. The van der Waals surface area contributed by atoms with E-state index >= 15 is 0 Å². The van der Waals surface area contributed by atoms with Gasteiger partial charge >= 0.3 is 5.97 Å². The first-order valence-corrected chi connectivity index (χ1v) is 8.43. The van der Waals surface area contributed by atoms with Crippen LogP contribution in [0.5, 0.6) is 0 Å². The molecule has 0 unspecified atom stereocenters. The lowest BCUT2D eigenvalue weighted by Gasteiger charge is -2.52. The van der Waals surface area contributed by atoms with Crippen LogP contribution in [0.1, 0.15) is 56.6 Å². The summed E-state index contributed by atoms with van der Waals surface area (Å²) in [6, 6.07) is 0. The molecule has 1 aromatic rings. The van der Waals surface area contributed by atoms with E-state index in [1.807, 2.05) is 20.0 Å². The molecule has 22 heavy (non-hydrogen) atoms. The fourth-order valence-electron chi connectivity index (χ4n) is 5.34. The molecule has 4 heteroatoms. The summed E-state index contributed by atoms with van der Waals surface area (Å²) in [6.07, 6.45) is 5.34. The van der Waals surface area contributed by atoms with Gasteiger partial charge in [-0.15, -0.1) is 0 Å². The van der Waals surface area contributed by atoms with Gasteiger partial charge in [-0.2, -0.15) is 0 Å². The van der Waals surface area contributed by atoms with Crippen molar-refractivity contribution in [1.29, 1.82) is 0 Å². The van der Waals surface area contributed by atoms with Gasteiger partial charge < -0.3 is 4.74 Å². The van der Waals surface area contributed by atoms with Crippen LogP contribution in [-0.4, -0.2) is 22.0 Å². The number of aryl methyl sites for hydroxylation is 1. The maximum Gasteiger partial charge on any atom is 0.309 e. The molecule has 0 bridgehead atoms. The second kappa shape index (κ2) is 4.53. The van der Waals surface area contributed by atoms with E-state index < -0.39 is 0 Å². The minimum absolute atomic E-state index is 0.00360. The quantitative estimate of drug-likeness (QED) is 0.691. The molecular weight excluding hydrogens is 276 g/mol. The molecule has 1 saturated carbocycles. The topological polar surface area (TPSA) is 52.1 Å². The number of nitrogens with zero attached hydrogens (tertiary/aromatic N) is 2. The average Bonchev–Trinajstić information content (AvgIpc) is 2.74. The molecule has 3 aliphatic rings. The highest BCUT2D eigenvalue weighted by Crippen LogP contribution is 2.58. The molecule has 0 N–H and O–H groups in total. The normalized spacial score (nSPS) is 43.1. The van der Waals surface area contributed by atoms with Gasteiger partial charge in [0.15, 0.2) is 0 Å². The van der Waals surface area contributed by atoms with Crippen molar-refractivity contribution in [3.05, 3.63) is 23.3 Å². The molecule has 4 nitrogen and oxygen atoms in total. The van der Waals surface area contributed by atoms with E-state index in [0.29, 0.717) is 17.8 Å². The third-order valence-corrected chi connectivity index (χ3v) is 6.48. The van der Waals surface area contributed by atoms with Gasteiger partial charge in [0.25, 0.3) is 0 Å². The zero-order valence-corrected chi connectivity index (χ0v) is 13.8. The second-order valence-corrected chi connectivity index (χ2v) is 7.87. The van der Waals surface area contributed by atoms with Gasteiger partial charge in [-0.05, 0) is 37.2 Å². The van der Waals surface area contributed by atoms with Crippen LogP contribution in [0.2, 0.25) is 0 Å². The Labute approximate surface area is 131 Å². The largest absolute Gasteiger partial charge is 0.461 e. The van der Waals surface area contributed by atoms with Crippen molar-refractivity contribution in [1.82, 2.24) is 9.97 Å². The summed E-state index contributed by atoms with van der Waals surface area (Å²) in [6.45, 7) is 8.60. The van der Waals surface area contributed by atoms with Crippen LogP contribution >= 0.6 is 0 Å². The Bertz CT molecular complexity index is 644. The van der Waals surface area contributed by atoms with Crippen molar-refractivity contribution in [3.8, 4) is 0 Å². The average molecular weight is 300 g/mol. The number of carbonyl (C=O) groups excluding carboxylic acids is 1. The van der Waals surface area contributed by atoms with Crippen LogP contribution in [-0.2, 0) is 16.0 Å². The summed E-state index contributed by atoms with van der Waals surface area (Å²) in [5.74, 6) is 1.96. The second-order valence-electron chi connectivity index (χ2n) is 7.87. The summed E-state index contributed by atoms with van der Waals surface area (Å²) in [5.41, 5.74) is 2.65. The first-order valence-electron chi connectivity index (χ1n) is 8.43. The molecule has 2 heterocycles. The first-order chi connectivity index (χ1) is 10.4. The molecule has 0 aromatic carbocycles. The summed E-state index contributed by atoms with van der Waals surface area (Å²) >= 11 is 0. The van der Waals surface area contributed by atoms with Crippen molar-refractivity contribution < 1.29 is 9.53 Å². The minimum atomic E-state index is -0.00360. The van der Waals surface area contributed by atoms with Crippen LogP contribution in [0.3, 0.4) is 0 Å². The van der Waals surface area contributed by atoms with Gasteiger partial charge in [-0.25, -0.2) is 9.97 Å². The smallest absolute Gasteiger partial charge is 0.309 e. The van der Waals surface area contributed by atoms with E-state index in [1.54, 1.807) is 0 Å². The summed E-state index contributed by atoms with van der Waals surface area (Å²) in [5, 5.41) is 0. The lowest BCUT2D eigenvalue weighted by molar-refractivity contribution is -0.149. The van der Waals surface area contributed by atoms with Gasteiger partial charge in [-0.1, -0.05) is 20.8 Å². The molecule has 1 aliphatic heterocycles. The zero-order valence-electron chi connectivity index (χ0n) is 13.8. The summed E-state index contributed by atoms with van der Waals surface area (Å²) < 4.78 is 5.85. The molecule has 0 spiro atoms. The predicted octanol–water partition coefficient (Wildman–Crippen LogP) is 3.04. The molecule has 0 amide bonds. The van der Waals surface area contributed by atoms with E-state index in [2.05, 4.69) is 18.8 Å². The van der Waals surface area contributed by atoms with Crippen LogP contribution < -0.4 is 0 Å². The highest BCUT2D eigenvalue weighted by molar-refractivity contribution is 5.75. The number of aromatic nitrogens is 2.